The van der Waals surface area contributed by atoms with Crippen molar-refractivity contribution in [2.45, 2.75) is 6.92 Å². The first-order valence-electron chi connectivity index (χ1n) is 10.9. The zero-order valence-corrected chi connectivity index (χ0v) is 19.8. The molecule has 0 heterocycles. The summed E-state index contributed by atoms with van der Waals surface area (Å²) in [7, 11) is 0. The van der Waals surface area contributed by atoms with Crippen LogP contribution in [-0.2, 0) is 9.53 Å². The summed E-state index contributed by atoms with van der Waals surface area (Å²) in [4.78, 5) is 23.4. The van der Waals surface area contributed by atoms with E-state index in [0.29, 0.717) is 40.9 Å². The van der Waals surface area contributed by atoms with E-state index in [0.717, 1.165) is 11.6 Å². The van der Waals surface area contributed by atoms with Gasteiger partial charge in [0.2, 0.25) is 13.6 Å². The molecule has 0 atom stereocenters. The van der Waals surface area contributed by atoms with Gasteiger partial charge in [0.1, 0.15) is 35.4 Å². The molecule has 0 radical (unpaired) electrons. The number of benzene rings is 3. The highest BCUT2D eigenvalue weighted by molar-refractivity contribution is 5.91. The lowest BCUT2D eigenvalue weighted by Crippen LogP contribution is -2.09. The minimum Gasteiger partial charge on any atom is -0.490 e. The summed E-state index contributed by atoms with van der Waals surface area (Å²) in [5.74, 6) is 1.66. The van der Waals surface area contributed by atoms with Crippen LogP contribution >= 0.6 is 0 Å². The molecule has 0 saturated carbocycles. The molecule has 0 bridgehead atoms. The number of rotatable bonds is 13. The van der Waals surface area contributed by atoms with Gasteiger partial charge < -0.3 is 28.4 Å². The van der Waals surface area contributed by atoms with Crippen LogP contribution in [0, 0.1) is 6.92 Å². The van der Waals surface area contributed by atoms with E-state index in [4.69, 9.17) is 28.4 Å². The van der Waals surface area contributed by atoms with Crippen LogP contribution in [-0.4, -0.2) is 32.1 Å². The van der Waals surface area contributed by atoms with E-state index < -0.39 is 11.9 Å². The van der Waals surface area contributed by atoms with E-state index in [2.05, 4.69) is 13.2 Å². The molecule has 0 N–H and O–H groups in total. The summed E-state index contributed by atoms with van der Waals surface area (Å²) in [6.45, 7) is 8.89. The quantitative estimate of drug-likeness (QED) is 0.105. The second kappa shape index (κ2) is 13.2. The number of carbonyl (C=O) groups excluding carboxylic acids is 2. The molecule has 0 unspecified atom stereocenters. The fourth-order valence-electron chi connectivity index (χ4n) is 2.86. The molecular weight excluding hydrogens is 464 g/mol. The molecule has 8 heteroatoms. The molecule has 3 aromatic carbocycles. The third-order valence-corrected chi connectivity index (χ3v) is 4.67. The van der Waals surface area contributed by atoms with E-state index >= 15 is 0 Å². The Kier molecular flexibility index (Phi) is 9.52. The Balaban J connectivity index is 1.46. The van der Waals surface area contributed by atoms with Gasteiger partial charge in [0.15, 0.2) is 0 Å². The largest absolute Gasteiger partial charge is 0.490 e. The molecule has 3 aromatic rings. The Hall–Kier alpha value is -4.72. The molecule has 0 aliphatic carbocycles. The number of aryl methyl sites for hydroxylation is 1. The highest BCUT2D eigenvalue weighted by Gasteiger charge is 2.11. The SMILES string of the molecule is C=CCOc1ccc(C(=O)Oc2ccc(OCOc3ccc(OCOC(=O)C=C)cc3)c(C)c2)cc1. The van der Waals surface area contributed by atoms with Gasteiger partial charge in [-0.1, -0.05) is 19.2 Å². The van der Waals surface area contributed by atoms with Crippen molar-refractivity contribution in [3.8, 4) is 28.7 Å². The monoisotopic (exact) mass is 490 g/mol. The van der Waals surface area contributed by atoms with Crippen molar-refractivity contribution in [2.75, 3.05) is 20.2 Å². The van der Waals surface area contributed by atoms with Gasteiger partial charge in [-0.25, -0.2) is 9.59 Å². The molecule has 0 aliphatic rings. The van der Waals surface area contributed by atoms with Gasteiger partial charge >= 0.3 is 11.9 Å². The average Bonchev–Trinajstić information content (AvgIpc) is 2.89. The zero-order valence-electron chi connectivity index (χ0n) is 19.8. The van der Waals surface area contributed by atoms with Gasteiger partial charge in [-0.15, -0.1) is 0 Å². The summed E-state index contributed by atoms with van der Waals surface area (Å²) < 4.78 is 32.2. The van der Waals surface area contributed by atoms with Crippen molar-refractivity contribution in [2.24, 2.45) is 0 Å². The van der Waals surface area contributed by atoms with Crippen molar-refractivity contribution in [1.82, 2.24) is 0 Å². The molecule has 0 aliphatic heterocycles. The van der Waals surface area contributed by atoms with Crippen LogP contribution in [0.5, 0.6) is 28.7 Å². The third kappa shape index (κ3) is 7.95. The summed E-state index contributed by atoms with van der Waals surface area (Å²) in [6, 6.07) is 18.5. The van der Waals surface area contributed by atoms with Crippen LogP contribution in [0.4, 0.5) is 0 Å². The Morgan fingerprint density at radius 3 is 1.94 bits per heavy atom. The van der Waals surface area contributed by atoms with E-state index in [1.165, 1.54) is 0 Å². The maximum absolute atomic E-state index is 12.4. The lowest BCUT2D eigenvalue weighted by atomic mass is 10.2. The number of esters is 2. The van der Waals surface area contributed by atoms with Crippen molar-refractivity contribution >= 4 is 11.9 Å². The zero-order chi connectivity index (χ0) is 25.8. The molecule has 0 aromatic heterocycles. The summed E-state index contributed by atoms with van der Waals surface area (Å²) in [6.07, 6.45) is 2.70. The third-order valence-electron chi connectivity index (χ3n) is 4.67. The van der Waals surface area contributed by atoms with E-state index in [-0.39, 0.29) is 13.6 Å². The van der Waals surface area contributed by atoms with Crippen LogP contribution in [0.1, 0.15) is 15.9 Å². The smallest absolute Gasteiger partial charge is 0.343 e. The fraction of sp³-hybridized carbons (Fsp3) is 0.143. The van der Waals surface area contributed by atoms with Gasteiger partial charge in [0.25, 0.3) is 0 Å². The molecule has 186 valence electrons. The first-order chi connectivity index (χ1) is 17.5. The summed E-state index contributed by atoms with van der Waals surface area (Å²) in [5.41, 5.74) is 1.18. The normalized spacial score (nSPS) is 10.0. The van der Waals surface area contributed by atoms with E-state index in [9.17, 15) is 9.59 Å². The lowest BCUT2D eigenvalue weighted by Gasteiger charge is -2.12. The van der Waals surface area contributed by atoms with Crippen molar-refractivity contribution < 1.29 is 38.0 Å². The first-order valence-corrected chi connectivity index (χ1v) is 10.9. The van der Waals surface area contributed by atoms with Crippen molar-refractivity contribution in [1.29, 1.82) is 0 Å². The molecule has 0 spiro atoms. The maximum Gasteiger partial charge on any atom is 0.343 e. The molecule has 0 saturated heterocycles. The van der Waals surface area contributed by atoms with E-state index in [1.807, 2.05) is 6.92 Å². The summed E-state index contributed by atoms with van der Waals surface area (Å²) >= 11 is 0. The molecular formula is C28H26O8. The molecule has 0 amide bonds. The van der Waals surface area contributed by atoms with Gasteiger partial charge in [0, 0.05) is 6.08 Å². The topological polar surface area (TPSA) is 89.5 Å². The first kappa shape index (κ1) is 25.9. The Morgan fingerprint density at radius 2 is 1.33 bits per heavy atom. The Bertz CT molecular complexity index is 1180. The minimum absolute atomic E-state index is 0.0304. The lowest BCUT2D eigenvalue weighted by molar-refractivity contribution is -0.144. The Morgan fingerprint density at radius 1 is 0.750 bits per heavy atom. The van der Waals surface area contributed by atoms with Crippen LogP contribution in [0.25, 0.3) is 0 Å². The standard InChI is InChI=1S/C28H26O8/c1-4-16-31-22-8-6-21(7-9-22)28(30)36-25-14-15-26(20(3)17-25)34-18-32-23-10-12-24(13-11-23)33-19-35-27(29)5-2/h4-15,17H,1-2,16,18-19H2,3H3. The average molecular weight is 491 g/mol. The maximum atomic E-state index is 12.4. The van der Waals surface area contributed by atoms with Crippen LogP contribution < -0.4 is 23.7 Å². The number of carbonyl (C=O) groups is 2. The number of hydrogen-bond donors (Lipinski definition) is 0. The molecule has 3 rings (SSSR count). The minimum atomic E-state index is -0.561. The number of ether oxygens (including phenoxy) is 6. The fourth-order valence-corrected chi connectivity index (χ4v) is 2.86. The predicted octanol–water partition coefficient (Wildman–Crippen LogP) is 5.26. The molecule has 8 nitrogen and oxygen atoms in total. The molecule has 36 heavy (non-hydrogen) atoms. The van der Waals surface area contributed by atoms with Crippen molar-refractivity contribution in [3.05, 3.63) is 103 Å². The summed E-state index contributed by atoms with van der Waals surface area (Å²) in [5, 5.41) is 0. The predicted molar refractivity (Wildman–Crippen MR) is 133 cm³/mol. The van der Waals surface area contributed by atoms with Gasteiger partial charge in [-0.3, -0.25) is 0 Å². The van der Waals surface area contributed by atoms with Gasteiger partial charge in [-0.2, -0.15) is 0 Å². The highest BCUT2D eigenvalue weighted by atomic mass is 16.7. The number of hydrogen-bond acceptors (Lipinski definition) is 8. The molecule has 0 fully saturated rings. The van der Waals surface area contributed by atoms with Gasteiger partial charge in [-0.05, 0) is 79.2 Å². The second-order valence-corrected chi connectivity index (χ2v) is 7.25. The van der Waals surface area contributed by atoms with Crippen LogP contribution in [0.2, 0.25) is 0 Å². The Labute approximate surface area is 209 Å². The van der Waals surface area contributed by atoms with Crippen LogP contribution in [0.3, 0.4) is 0 Å². The highest BCUT2D eigenvalue weighted by Crippen LogP contribution is 2.25. The van der Waals surface area contributed by atoms with E-state index in [1.54, 1.807) is 72.8 Å². The second-order valence-electron chi connectivity index (χ2n) is 7.25. The van der Waals surface area contributed by atoms with Crippen LogP contribution in [0.15, 0.2) is 92.0 Å². The van der Waals surface area contributed by atoms with Crippen molar-refractivity contribution in [3.63, 3.8) is 0 Å². The van der Waals surface area contributed by atoms with Gasteiger partial charge in [0.05, 0.1) is 5.56 Å².